The smallest absolute Gasteiger partial charge is 0.356 e. The molecule has 0 amide bonds. The topological polar surface area (TPSA) is 64.7 Å². The standard InChI is InChI=1S/C7H10N2O2/c1-11-7(10)6-4-5(8)2-3-9-6/h4H,2-3,8H2,1H3. The van der Waals surface area contributed by atoms with E-state index in [1.807, 2.05) is 0 Å². The molecule has 0 unspecified atom stereocenters. The third kappa shape index (κ3) is 1.80. The molecule has 60 valence electrons. The molecule has 1 heterocycles. The second kappa shape index (κ2) is 3.18. The number of aliphatic imine (C=N–C) groups is 1. The molecule has 1 rings (SSSR count). The zero-order valence-electron chi connectivity index (χ0n) is 6.33. The lowest BCUT2D eigenvalue weighted by molar-refractivity contribution is -0.132. The summed E-state index contributed by atoms with van der Waals surface area (Å²) in [4.78, 5) is 14.8. The Hall–Kier alpha value is -1.32. The van der Waals surface area contributed by atoms with Crippen molar-refractivity contribution in [3.8, 4) is 0 Å². The van der Waals surface area contributed by atoms with Crippen LogP contribution < -0.4 is 5.73 Å². The highest BCUT2D eigenvalue weighted by Crippen LogP contribution is 2.02. The number of dihydropyridines is 1. The lowest BCUT2D eigenvalue weighted by Crippen LogP contribution is -2.19. The van der Waals surface area contributed by atoms with Gasteiger partial charge in [-0.3, -0.25) is 4.99 Å². The van der Waals surface area contributed by atoms with E-state index < -0.39 is 5.97 Å². The number of rotatable bonds is 1. The van der Waals surface area contributed by atoms with Crippen LogP contribution in [-0.2, 0) is 9.53 Å². The minimum absolute atomic E-state index is 0.316. The number of hydrogen-bond donors (Lipinski definition) is 1. The minimum Gasteiger partial charge on any atom is -0.464 e. The highest BCUT2D eigenvalue weighted by atomic mass is 16.5. The van der Waals surface area contributed by atoms with Crippen molar-refractivity contribution in [1.29, 1.82) is 0 Å². The van der Waals surface area contributed by atoms with Crippen LogP contribution in [0.15, 0.2) is 16.8 Å². The van der Waals surface area contributed by atoms with Gasteiger partial charge in [0.25, 0.3) is 0 Å². The SMILES string of the molecule is COC(=O)C1=NCCC(N)=C1. The first-order valence-corrected chi connectivity index (χ1v) is 3.33. The van der Waals surface area contributed by atoms with Crippen molar-refractivity contribution in [2.45, 2.75) is 6.42 Å². The second-order valence-corrected chi connectivity index (χ2v) is 2.23. The van der Waals surface area contributed by atoms with Crippen LogP contribution in [0.1, 0.15) is 6.42 Å². The van der Waals surface area contributed by atoms with Gasteiger partial charge in [-0.25, -0.2) is 4.79 Å². The molecular weight excluding hydrogens is 144 g/mol. The van der Waals surface area contributed by atoms with Crippen molar-refractivity contribution in [3.05, 3.63) is 11.8 Å². The van der Waals surface area contributed by atoms with Crippen LogP contribution in [0.4, 0.5) is 0 Å². The van der Waals surface area contributed by atoms with Gasteiger partial charge in [-0.2, -0.15) is 0 Å². The molecule has 4 heteroatoms. The predicted molar refractivity (Wildman–Crippen MR) is 41.2 cm³/mol. The molecule has 0 atom stereocenters. The zero-order chi connectivity index (χ0) is 8.27. The summed E-state index contributed by atoms with van der Waals surface area (Å²) in [6.07, 6.45) is 2.27. The molecule has 0 fully saturated rings. The average molecular weight is 154 g/mol. The summed E-state index contributed by atoms with van der Waals surface area (Å²) < 4.78 is 4.47. The minimum atomic E-state index is -0.423. The van der Waals surface area contributed by atoms with Gasteiger partial charge in [0.2, 0.25) is 0 Å². The number of nitrogens with two attached hydrogens (primary N) is 1. The Balaban J connectivity index is 2.73. The van der Waals surface area contributed by atoms with Crippen molar-refractivity contribution in [3.63, 3.8) is 0 Å². The number of carbonyl (C=O) groups excluding carboxylic acids is 1. The number of ether oxygens (including phenoxy) is 1. The van der Waals surface area contributed by atoms with Gasteiger partial charge >= 0.3 is 5.97 Å². The molecule has 0 aromatic rings. The van der Waals surface area contributed by atoms with Crippen LogP contribution >= 0.6 is 0 Å². The maximum absolute atomic E-state index is 10.9. The summed E-state index contributed by atoms with van der Waals surface area (Å²) in [5.41, 5.74) is 6.49. The molecule has 0 bridgehead atoms. The lowest BCUT2D eigenvalue weighted by Gasteiger charge is -2.07. The fourth-order valence-electron chi connectivity index (χ4n) is 0.827. The van der Waals surface area contributed by atoms with Crippen molar-refractivity contribution in [1.82, 2.24) is 0 Å². The van der Waals surface area contributed by atoms with E-state index in [2.05, 4.69) is 9.73 Å². The van der Waals surface area contributed by atoms with Gasteiger partial charge in [-0.1, -0.05) is 0 Å². The Morgan fingerprint density at radius 2 is 2.55 bits per heavy atom. The van der Waals surface area contributed by atoms with Gasteiger partial charge in [0.1, 0.15) is 5.71 Å². The van der Waals surface area contributed by atoms with E-state index in [4.69, 9.17) is 5.73 Å². The van der Waals surface area contributed by atoms with Crippen molar-refractivity contribution < 1.29 is 9.53 Å². The van der Waals surface area contributed by atoms with E-state index in [-0.39, 0.29) is 0 Å². The Kier molecular flexibility index (Phi) is 2.25. The third-order valence-electron chi connectivity index (χ3n) is 1.40. The summed E-state index contributed by atoms with van der Waals surface area (Å²) in [6.45, 7) is 0.576. The predicted octanol–water partition coefficient (Wildman–Crippen LogP) is -0.153. The Morgan fingerprint density at radius 3 is 3.09 bits per heavy atom. The maximum Gasteiger partial charge on any atom is 0.356 e. The molecule has 2 N–H and O–H groups in total. The molecule has 0 saturated heterocycles. The molecule has 0 spiro atoms. The summed E-state index contributed by atoms with van der Waals surface area (Å²) in [5.74, 6) is -0.423. The second-order valence-electron chi connectivity index (χ2n) is 2.23. The summed E-state index contributed by atoms with van der Waals surface area (Å²) >= 11 is 0. The van der Waals surface area contributed by atoms with Gasteiger partial charge in [-0.05, 0) is 6.08 Å². The van der Waals surface area contributed by atoms with Gasteiger partial charge < -0.3 is 10.5 Å². The average Bonchev–Trinajstić information content (AvgIpc) is 2.03. The van der Waals surface area contributed by atoms with Gasteiger partial charge in [0.15, 0.2) is 0 Å². The van der Waals surface area contributed by atoms with Crippen LogP contribution in [0.25, 0.3) is 0 Å². The van der Waals surface area contributed by atoms with Gasteiger partial charge in [0.05, 0.1) is 7.11 Å². The molecule has 0 saturated carbocycles. The fraction of sp³-hybridized carbons (Fsp3) is 0.429. The molecule has 1 aliphatic rings. The quantitative estimate of drug-likeness (QED) is 0.534. The lowest BCUT2D eigenvalue weighted by atomic mass is 10.2. The zero-order valence-corrected chi connectivity index (χ0v) is 6.33. The van der Waals surface area contributed by atoms with Crippen LogP contribution in [0.5, 0.6) is 0 Å². The van der Waals surface area contributed by atoms with Crippen molar-refractivity contribution in [2.24, 2.45) is 10.7 Å². The first-order chi connectivity index (χ1) is 5.24. The molecule has 0 aliphatic carbocycles. The van der Waals surface area contributed by atoms with Crippen molar-refractivity contribution >= 4 is 11.7 Å². The van der Waals surface area contributed by atoms with Gasteiger partial charge in [-0.15, -0.1) is 0 Å². The van der Waals surface area contributed by atoms with E-state index in [1.54, 1.807) is 6.08 Å². The van der Waals surface area contributed by atoms with Gasteiger partial charge in [0, 0.05) is 18.7 Å². The third-order valence-corrected chi connectivity index (χ3v) is 1.40. The largest absolute Gasteiger partial charge is 0.464 e. The van der Waals surface area contributed by atoms with E-state index in [1.165, 1.54) is 7.11 Å². The number of esters is 1. The molecular formula is C7H10N2O2. The van der Waals surface area contributed by atoms with E-state index in [9.17, 15) is 4.79 Å². The molecule has 11 heavy (non-hydrogen) atoms. The van der Waals surface area contributed by atoms with Crippen LogP contribution in [-0.4, -0.2) is 25.3 Å². The number of methoxy groups -OCH3 is 1. The molecule has 0 aromatic carbocycles. The number of nitrogens with zero attached hydrogens (tertiary/aromatic N) is 1. The Bertz CT molecular complexity index is 231. The maximum atomic E-state index is 10.9. The van der Waals surface area contributed by atoms with E-state index in [0.29, 0.717) is 18.0 Å². The summed E-state index contributed by atoms with van der Waals surface area (Å²) in [7, 11) is 1.32. The monoisotopic (exact) mass is 154 g/mol. The number of hydrogen-bond acceptors (Lipinski definition) is 4. The fourth-order valence-corrected chi connectivity index (χ4v) is 0.827. The summed E-state index contributed by atoms with van der Waals surface area (Å²) in [5, 5.41) is 0. The first-order valence-electron chi connectivity index (χ1n) is 3.33. The number of carbonyl (C=O) groups is 1. The van der Waals surface area contributed by atoms with Crippen LogP contribution in [0, 0.1) is 0 Å². The van der Waals surface area contributed by atoms with Crippen LogP contribution in [0.2, 0.25) is 0 Å². The van der Waals surface area contributed by atoms with Crippen molar-refractivity contribution in [2.75, 3.05) is 13.7 Å². The molecule has 0 radical (unpaired) electrons. The molecule has 0 aromatic heterocycles. The Labute approximate surface area is 64.7 Å². The molecule has 4 nitrogen and oxygen atoms in total. The molecule has 1 aliphatic heterocycles. The van der Waals surface area contributed by atoms with E-state index >= 15 is 0 Å². The van der Waals surface area contributed by atoms with Crippen LogP contribution in [0.3, 0.4) is 0 Å². The normalized spacial score (nSPS) is 16.8. The van der Waals surface area contributed by atoms with E-state index in [0.717, 1.165) is 6.42 Å². The highest BCUT2D eigenvalue weighted by molar-refractivity contribution is 6.41. The highest BCUT2D eigenvalue weighted by Gasteiger charge is 2.11. The Morgan fingerprint density at radius 1 is 1.82 bits per heavy atom. The first kappa shape index (κ1) is 7.78. The summed E-state index contributed by atoms with van der Waals surface area (Å²) in [6, 6.07) is 0.